The molecule has 2 amide bonds. The molecule has 0 rings (SSSR count). The zero-order chi connectivity index (χ0) is 8.85. The first kappa shape index (κ1) is 9.90. The molecule has 0 fully saturated rings. The molecule has 0 bridgehead atoms. The standard InChI is InChI=1S/C6H13N3O2/c1-2-4(7)6(11)9-3-5(8)10/h4H,2-3,7H2,1H3,(H2,8,10)(H,9,11)/t4-/m1/s1. The van der Waals surface area contributed by atoms with Crippen molar-refractivity contribution >= 4 is 11.8 Å². The highest BCUT2D eigenvalue weighted by atomic mass is 16.2. The predicted molar refractivity (Wildman–Crippen MR) is 40.5 cm³/mol. The second-order valence-corrected chi connectivity index (χ2v) is 2.20. The average molecular weight is 159 g/mol. The van der Waals surface area contributed by atoms with Gasteiger partial charge in [-0.3, -0.25) is 9.59 Å². The third-order valence-electron chi connectivity index (χ3n) is 1.21. The number of nitrogens with one attached hydrogen (secondary N) is 1. The van der Waals surface area contributed by atoms with Gasteiger partial charge in [0.25, 0.3) is 0 Å². The summed E-state index contributed by atoms with van der Waals surface area (Å²) in [5.41, 5.74) is 10.1. The second kappa shape index (κ2) is 4.68. The van der Waals surface area contributed by atoms with Crippen LogP contribution in [0.5, 0.6) is 0 Å². The highest BCUT2D eigenvalue weighted by Gasteiger charge is 2.10. The Hall–Kier alpha value is -1.10. The first-order valence-electron chi connectivity index (χ1n) is 3.39. The van der Waals surface area contributed by atoms with Crippen molar-refractivity contribution in [1.82, 2.24) is 5.32 Å². The minimum absolute atomic E-state index is 0.146. The van der Waals surface area contributed by atoms with E-state index in [-0.39, 0.29) is 12.5 Å². The van der Waals surface area contributed by atoms with E-state index in [0.29, 0.717) is 6.42 Å². The molecule has 1 atom stereocenters. The van der Waals surface area contributed by atoms with E-state index in [1.54, 1.807) is 6.92 Å². The van der Waals surface area contributed by atoms with Crippen LogP contribution in [0.2, 0.25) is 0 Å². The quantitative estimate of drug-likeness (QED) is 0.457. The van der Waals surface area contributed by atoms with Gasteiger partial charge in [-0.05, 0) is 6.42 Å². The zero-order valence-electron chi connectivity index (χ0n) is 6.46. The Morgan fingerprint density at radius 1 is 1.55 bits per heavy atom. The van der Waals surface area contributed by atoms with Gasteiger partial charge in [-0.25, -0.2) is 0 Å². The van der Waals surface area contributed by atoms with Crippen molar-refractivity contribution in [2.24, 2.45) is 11.5 Å². The number of nitrogens with two attached hydrogens (primary N) is 2. The number of carbonyl (C=O) groups is 2. The maximum Gasteiger partial charge on any atom is 0.237 e. The molecular formula is C6H13N3O2. The molecule has 0 unspecified atom stereocenters. The van der Waals surface area contributed by atoms with Gasteiger partial charge in [-0.1, -0.05) is 6.92 Å². The maximum absolute atomic E-state index is 10.8. The van der Waals surface area contributed by atoms with Crippen LogP contribution >= 0.6 is 0 Å². The lowest BCUT2D eigenvalue weighted by atomic mass is 10.2. The minimum atomic E-state index is -0.568. The van der Waals surface area contributed by atoms with E-state index in [1.165, 1.54) is 0 Å². The summed E-state index contributed by atoms with van der Waals surface area (Å²) in [5, 5.41) is 2.29. The molecule has 0 aromatic rings. The van der Waals surface area contributed by atoms with Gasteiger partial charge in [-0.2, -0.15) is 0 Å². The number of rotatable bonds is 4. The van der Waals surface area contributed by atoms with Gasteiger partial charge < -0.3 is 16.8 Å². The van der Waals surface area contributed by atoms with Crippen LogP contribution in [0.1, 0.15) is 13.3 Å². The molecule has 5 N–H and O–H groups in total. The highest BCUT2D eigenvalue weighted by molar-refractivity contribution is 5.86. The molecule has 0 aliphatic rings. The van der Waals surface area contributed by atoms with Crippen LogP contribution in [0.25, 0.3) is 0 Å². The van der Waals surface area contributed by atoms with Crippen molar-refractivity contribution in [3.05, 3.63) is 0 Å². The summed E-state index contributed by atoms with van der Waals surface area (Å²) in [7, 11) is 0. The molecule has 0 aliphatic heterocycles. The second-order valence-electron chi connectivity index (χ2n) is 2.20. The molecule has 0 aromatic carbocycles. The maximum atomic E-state index is 10.8. The van der Waals surface area contributed by atoms with Crippen molar-refractivity contribution in [2.45, 2.75) is 19.4 Å². The van der Waals surface area contributed by atoms with E-state index >= 15 is 0 Å². The summed E-state index contributed by atoms with van der Waals surface area (Å²) in [4.78, 5) is 21.0. The molecule has 5 heteroatoms. The average Bonchev–Trinajstić information content (AvgIpc) is 1.98. The van der Waals surface area contributed by atoms with Crippen LogP contribution in [0.4, 0.5) is 0 Å². The van der Waals surface area contributed by atoms with Crippen LogP contribution in [0.3, 0.4) is 0 Å². The Bertz CT molecular complexity index is 158. The Kier molecular flexibility index (Phi) is 4.21. The van der Waals surface area contributed by atoms with Crippen LogP contribution in [0, 0.1) is 0 Å². The van der Waals surface area contributed by atoms with E-state index in [4.69, 9.17) is 11.5 Å². The number of carbonyl (C=O) groups excluding carboxylic acids is 2. The molecule has 0 spiro atoms. The van der Waals surface area contributed by atoms with Crippen molar-refractivity contribution in [1.29, 1.82) is 0 Å². The molecular weight excluding hydrogens is 146 g/mol. The topological polar surface area (TPSA) is 98.2 Å². The summed E-state index contributed by atoms with van der Waals surface area (Å²) in [6.45, 7) is 1.64. The van der Waals surface area contributed by atoms with Gasteiger partial charge in [0, 0.05) is 0 Å². The van der Waals surface area contributed by atoms with E-state index in [2.05, 4.69) is 5.32 Å². The Morgan fingerprint density at radius 2 is 2.09 bits per heavy atom. The normalized spacial score (nSPS) is 12.2. The third-order valence-corrected chi connectivity index (χ3v) is 1.21. The highest BCUT2D eigenvalue weighted by Crippen LogP contribution is 1.83. The summed E-state index contributed by atoms with van der Waals surface area (Å²) >= 11 is 0. The summed E-state index contributed by atoms with van der Waals surface area (Å²) < 4.78 is 0. The van der Waals surface area contributed by atoms with Crippen molar-refractivity contribution in [3.63, 3.8) is 0 Å². The predicted octanol–water partition coefficient (Wildman–Crippen LogP) is -1.67. The smallest absolute Gasteiger partial charge is 0.237 e. The van der Waals surface area contributed by atoms with Crippen LogP contribution < -0.4 is 16.8 Å². The van der Waals surface area contributed by atoms with Crippen LogP contribution in [-0.4, -0.2) is 24.4 Å². The fraction of sp³-hybridized carbons (Fsp3) is 0.667. The summed E-state index contributed by atoms with van der Waals surface area (Å²) in [6.07, 6.45) is 0.546. The van der Waals surface area contributed by atoms with Gasteiger partial charge in [0.15, 0.2) is 0 Å². The fourth-order valence-electron chi connectivity index (χ4n) is 0.491. The monoisotopic (exact) mass is 159 g/mol. The first-order chi connectivity index (χ1) is 5.07. The SMILES string of the molecule is CC[C@@H](N)C(=O)NCC(N)=O. The molecule has 11 heavy (non-hydrogen) atoms. The van der Waals surface area contributed by atoms with Gasteiger partial charge in [0.2, 0.25) is 11.8 Å². The number of hydrogen-bond donors (Lipinski definition) is 3. The lowest BCUT2D eigenvalue weighted by Gasteiger charge is -2.07. The van der Waals surface area contributed by atoms with Crippen LogP contribution in [-0.2, 0) is 9.59 Å². The summed E-state index contributed by atoms with van der Waals surface area (Å²) in [6, 6.07) is -0.547. The molecule has 0 saturated heterocycles. The third kappa shape index (κ3) is 4.32. The molecule has 5 nitrogen and oxygen atoms in total. The summed E-state index contributed by atoms with van der Waals surface area (Å²) in [5.74, 6) is -0.909. The van der Waals surface area contributed by atoms with Gasteiger partial charge in [-0.15, -0.1) is 0 Å². The first-order valence-corrected chi connectivity index (χ1v) is 3.39. The van der Waals surface area contributed by atoms with Crippen molar-refractivity contribution in [3.8, 4) is 0 Å². The number of amides is 2. The zero-order valence-corrected chi connectivity index (χ0v) is 6.46. The van der Waals surface area contributed by atoms with E-state index in [0.717, 1.165) is 0 Å². The number of primary amides is 1. The van der Waals surface area contributed by atoms with Gasteiger partial charge in [0.1, 0.15) is 0 Å². The van der Waals surface area contributed by atoms with E-state index in [1.807, 2.05) is 0 Å². The molecule has 0 heterocycles. The van der Waals surface area contributed by atoms with E-state index < -0.39 is 11.9 Å². The van der Waals surface area contributed by atoms with Crippen molar-refractivity contribution < 1.29 is 9.59 Å². The molecule has 0 aliphatic carbocycles. The molecule has 0 aromatic heterocycles. The largest absolute Gasteiger partial charge is 0.368 e. The molecule has 0 saturated carbocycles. The molecule has 0 radical (unpaired) electrons. The van der Waals surface area contributed by atoms with E-state index in [9.17, 15) is 9.59 Å². The minimum Gasteiger partial charge on any atom is -0.368 e. The fourth-order valence-corrected chi connectivity index (χ4v) is 0.491. The lowest BCUT2D eigenvalue weighted by molar-refractivity contribution is -0.125. The van der Waals surface area contributed by atoms with Gasteiger partial charge in [0.05, 0.1) is 12.6 Å². The Balaban J connectivity index is 3.60. The number of hydrogen-bond acceptors (Lipinski definition) is 3. The Morgan fingerprint density at radius 3 is 2.45 bits per heavy atom. The van der Waals surface area contributed by atoms with Crippen molar-refractivity contribution in [2.75, 3.05) is 6.54 Å². The molecule has 64 valence electrons. The lowest BCUT2D eigenvalue weighted by Crippen LogP contribution is -2.43. The Labute approximate surface area is 65.1 Å². The van der Waals surface area contributed by atoms with Crippen LogP contribution in [0.15, 0.2) is 0 Å². The van der Waals surface area contributed by atoms with Gasteiger partial charge >= 0.3 is 0 Å².